The van der Waals surface area contributed by atoms with Gasteiger partial charge in [-0.1, -0.05) is 19.9 Å². The van der Waals surface area contributed by atoms with Crippen molar-refractivity contribution in [3.63, 3.8) is 0 Å². The van der Waals surface area contributed by atoms with Gasteiger partial charge >= 0.3 is 5.97 Å². The SMILES string of the molecule is CC(C)(COS(C)(=O)=O)CC1=CCCC=C1OC(=O)C(C)(C)C. The molecule has 0 atom stereocenters. The van der Waals surface area contributed by atoms with Gasteiger partial charge in [0, 0.05) is 0 Å². The predicted octanol–water partition coefficient (Wildman–Crippen LogP) is 3.57. The quantitative estimate of drug-likeness (QED) is 0.544. The molecule has 5 nitrogen and oxygen atoms in total. The fourth-order valence-electron chi connectivity index (χ4n) is 2.06. The van der Waals surface area contributed by atoms with E-state index in [0.717, 1.165) is 24.7 Å². The van der Waals surface area contributed by atoms with Crippen LogP contribution in [0.5, 0.6) is 0 Å². The summed E-state index contributed by atoms with van der Waals surface area (Å²) in [7, 11) is -3.47. The van der Waals surface area contributed by atoms with E-state index in [1.165, 1.54) is 0 Å². The highest BCUT2D eigenvalue weighted by atomic mass is 32.2. The Morgan fingerprint density at radius 2 is 1.70 bits per heavy atom. The summed E-state index contributed by atoms with van der Waals surface area (Å²) < 4.78 is 32.8. The van der Waals surface area contributed by atoms with E-state index in [0.29, 0.717) is 12.2 Å². The Labute approximate surface area is 139 Å². The van der Waals surface area contributed by atoms with Crippen molar-refractivity contribution in [3.8, 4) is 0 Å². The van der Waals surface area contributed by atoms with E-state index in [1.54, 1.807) is 0 Å². The predicted molar refractivity (Wildman–Crippen MR) is 90.1 cm³/mol. The van der Waals surface area contributed by atoms with Crippen molar-refractivity contribution in [2.24, 2.45) is 10.8 Å². The Morgan fingerprint density at radius 3 is 2.22 bits per heavy atom. The van der Waals surface area contributed by atoms with Crippen molar-refractivity contribution in [2.75, 3.05) is 12.9 Å². The molecule has 0 aliphatic heterocycles. The highest BCUT2D eigenvalue weighted by Crippen LogP contribution is 2.34. The van der Waals surface area contributed by atoms with E-state index in [-0.39, 0.29) is 18.0 Å². The Hall–Kier alpha value is -1.14. The summed E-state index contributed by atoms with van der Waals surface area (Å²) in [6, 6.07) is 0. The summed E-state index contributed by atoms with van der Waals surface area (Å²) >= 11 is 0. The molecular weight excluding hydrogens is 316 g/mol. The van der Waals surface area contributed by atoms with Crippen LogP contribution in [0.25, 0.3) is 0 Å². The molecule has 1 aliphatic rings. The van der Waals surface area contributed by atoms with Crippen LogP contribution >= 0.6 is 0 Å². The van der Waals surface area contributed by atoms with Crippen LogP contribution in [-0.2, 0) is 23.8 Å². The van der Waals surface area contributed by atoms with Crippen LogP contribution in [0, 0.1) is 10.8 Å². The minimum Gasteiger partial charge on any atom is -0.426 e. The maximum absolute atomic E-state index is 12.1. The molecule has 1 rings (SSSR count). The van der Waals surface area contributed by atoms with Gasteiger partial charge in [0.1, 0.15) is 5.76 Å². The first-order chi connectivity index (χ1) is 10.3. The van der Waals surface area contributed by atoms with E-state index in [9.17, 15) is 13.2 Å². The molecule has 23 heavy (non-hydrogen) atoms. The van der Waals surface area contributed by atoms with E-state index < -0.39 is 15.5 Å². The van der Waals surface area contributed by atoms with Crippen molar-refractivity contribution in [1.82, 2.24) is 0 Å². The lowest BCUT2D eigenvalue weighted by atomic mass is 9.84. The molecule has 0 unspecified atom stereocenters. The summed E-state index contributed by atoms with van der Waals surface area (Å²) in [5, 5.41) is 0. The second-order valence-corrected chi connectivity index (χ2v) is 9.47. The summed E-state index contributed by atoms with van der Waals surface area (Å²) in [5.41, 5.74) is -0.0337. The molecule has 0 fully saturated rings. The van der Waals surface area contributed by atoms with Crippen LogP contribution < -0.4 is 0 Å². The van der Waals surface area contributed by atoms with Gasteiger partial charge in [0.05, 0.1) is 18.3 Å². The molecule has 0 saturated heterocycles. The number of hydrogen-bond donors (Lipinski definition) is 0. The number of carbonyl (C=O) groups excluding carboxylic acids is 1. The fourth-order valence-corrected chi connectivity index (χ4v) is 2.59. The molecule has 0 saturated carbocycles. The van der Waals surface area contributed by atoms with Crippen LogP contribution in [0.15, 0.2) is 23.5 Å². The first kappa shape index (κ1) is 19.9. The molecule has 132 valence electrons. The second kappa shape index (κ2) is 7.18. The van der Waals surface area contributed by atoms with Crippen LogP contribution in [0.2, 0.25) is 0 Å². The van der Waals surface area contributed by atoms with Crippen LogP contribution in [0.4, 0.5) is 0 Å². The number of allylic oxidation sites excluding steroid dienone is 3. The Kier molecular flexibility index (Phi) is 6.21. The molecule has 0 spiro atoms. The zero-order valence-electron chi connectivity index (χ0n) is 14.9. The number of esters is 1. The molecule has 0 amide bonds. The third-order valence-electron chi connectivity index (χ3n) is 3.35. The van der Waals surface area contributed by atoms with Crippen molar-refractivity contribution < 1.29 is 22.1 Å². The maximum atomic E-state index is 12.1. The lowest BCUT2D eigenvalue weighted by Crippen LogP contribution is -2.26. The highest BCUT2D eigenvalue weighted by Gasteiger charge is 2.29. The molecule has 0 aromatic carbocycles. The van der Waals surface area contributed by atoms with Crippen LogP contribution in [0.3, 0.4) is 0 Å². The smallest absolute Gasteiger partial charge is 0.316 e. The standard InChI is InChI=1S/C17H28O5S/c1-16(2,3)15(18)22-14-10-8-7-9-13(14)11-17(4,5)12-21-23(6,19)20/h9-10H,7-8,11-12H2,1-6H3. The Morgan fingerprint density at radius 1 is 1.13 bits per heavy atom. The maximum Gasteiger partial charge on any atom is 0.316 e. The molecule has 0 aromatic heterocycles. The average molecular weight is 344 g/mol. The zero-order valence-corrected chi connectivity index (χ0v) is 15.7. The van der Waals surface area contributed by atoms with Gasteiger partial charge in [0.2, 0.25) is 0 Å². The van der Waals surface area contributed by atoms with E-state index in [2.05, 4.69) is 0 Å². The van der Waals surface area contributed by atoms with Crippen LogP contribution in [0.1, 0.15) is 53.9 Å². The lowest BCUT2D eigenvalue weighted by molar-refractivity contribution is -0.148. The van der Waals surface area contributed by atoms with Crippen molar-refractivity contribution in [2.45, 2.75) is 53.9 Å². The summed E-state index contributed by atoms with van der Waals surface area (Å²) in [5.74, 6) is 0.311. The largest absolute Gasteiger partial charge is 0.426 e. The second-order valence-electron chi connectivity index (χ2n) is 7.82. The Bertz CT molecular complexity index is 603. The van der Waals surface area contributed by atoms with Gasteiger partial charge < -0.3 is 4.74 Å². The number of hydrogen-bond acceptors (Lipinski definition) is 5. The summed E-state index contributed by atoms with van der Waals surface area (Å²) in [4.78, 5) is 12.1. The van der Waals surface area contributed by atoms with Crippen molar-refractivity contribution in [3.05, 3.63) is 23.5 Å². The molecule has 0 heterocycles. The first-order valence-corrected chi connectivity index (χ1v) is 9.58. The minimum absolute atomic E-state index is 0.0870. The lowest BCUT2D eigenvalue weighted by Gasteiger charge is -2.28. The molecule has 0 N–H and O–H groups in total. The van der Waals surface area contributed by atoms with Crippen molar-refractivity contribution >= 4 is 16.1 Å². The Balaban J connectivity index is 2.79. The summed E-state index contributed by atoms with van der Waals surface area (Å²) in [6.07, 6.45) is 7.30. The monoisotopic (exact) mass is 344 g/mol. The van der Waals surface area contributed by atoms with Gasteiger partial charge in [-0.2, -0.15) is 8.42 Å². The van der Waals surface area contributed by atoms with Crippen molar-refractivity contribution in [1.29, 1.82) is 0 Å². The summed E-state index contributed by atoms with van der Waals surface area (Å²) in [6.45, 7) is 9.38. The van der Waals surface area contributed by atoms with Gasteiger partial charge in [-0.3, -0.25) is 8.98 Å². The molecular formula is C17H28O5S. The van der Waals surface area contributed by atoms with E-state index in [1.807, 2.05) is 46.8 Å². The highest BCUT2D eigenvalue weighted by molar-refractivity contribution is 7.85. The van der Waals surface area contributed by atoms with Gasteiger partial charge in [-0.05, 0) is 57.1 Å². The van der Waals surface area contributed by atoms with Crippen LogP contribution in [-0.4, -0.2) is 27.2 Å². The third-order valence-corrected chi connectivity index (χ3v) is 3.90. The minimum atomic E-state index is -3.47. The van der Waals surface area contributed by atoms with Gasteiger partial charge in [0.15, 0.2) is 0 Å². The van der Waals surface area contributed by atoms with Gasteiger partial charge in [-0.25, -0.2) is 0 Å². The van der Waals surface area contributed by atoms with E-state index in [4.69, 9.17) is 8.92 Å². The average Bonchev–Trinajstić information content (AvgIpc) is 2.37. The molecule has 0 radical (unpaired) electrons. The molecule has 6 heteroatoms. The zero-order chi connectivity index (χ0) is 17.9. The number of carbonyl (C=O) groups is 1. The van der Waals surface area contributed by atoms with E-state index >= 15 is 0 Å². The first-order valence-electron chi connectivity index (χ1n) is 7.76. The number of rotatable bonds is 6. The fraction of sp³-hybridized carbons (Fsp3) is 0.706. The molecule has 0 bridgehead atoms. The normalized spacial score (nSPS) is 16.6. The molecule has 0 aromatic rings. The van der Waals surface area contributed by atoms with Gasteiger partial charge in [-0.15, -0.1) is 0 Å². The topological polar surface area (TPSA) is 69.7 Å². The third kappa shape index (κ3) is 7.31. The molecule has 1 aliphatic carbocycles. The van der Waals surface area contributed by atoms with Gasteiger partial charge in [0.25, 0.3) is 10.1 Å². The number of ether oxygens (including phenoxy) is 1.